The molecule has 3 amide bonds. The summed E-state index contributed by atoms with van der Waals surface area (Å²) in [6.45, 7) is 0.396. The van der Waals surface area contributed by atoms with Crippen molar-refractivity contribution in [1.82, 2.24) is 10.2 Å². The second kappa shape index (κ2) is 5.49. The second-order valence-corrected chi connectivity index (χ2v) is 6.52. The van der Waals surface area contributed by atoms with Crippen molar-refractivity contribution in [2.24, 2.45) is 0 Å². The van der Waals surface area contributed by atoms with E-state index < -0.39 is 5.54 Å². The molecule has 6 heteroatoms. The van der Waals surface area contributed by atoms with E-state index in [0.29, 0.717) is 32.2 Å². The highest BCUT2D eigenvalue weighted by Crippen LogP contribution is 2.42. The number of urea groups is 1. The van der Waals surface area contributed by atoms with Crippen LogP contribution in [0.1, 0.15) is 42.5 Å². The molecule has 1 unspecified atom stereocenters. The number of carbonyl (C=O) groups is 2. The minimum absolute atomic E-state index is 0.121. The number of hydrogen-bond acceptors (Lipinski definition) is 4. The molecule has 3 rings (SSSR count). The summed E-state index contributed by atoms with van der Waals surface area (Å²) in [4.78, 5) is 27.5. The van der Waals surface area contributed by atoms with Crippen molar-refractivity contribution in [3.8, 4) is 6.07 Å². The third kappa shape index (κ3) is 2.22. The Kier molecular flexibility index (Phi) is 3.68. The lowest BCUT2D eigenvalue weighted by Crippen LogP contribution is -2.46. The lowest BCUT2D eigenvalue weighted by Gasteiger charge is -2.31. The van der Waals surface area contributed by atoms with Gasteiger partial charge in [-0.3, -0.25) is 9.69 Å². The average molecular weight is 303 g/mol. The van der Waals surface area contributed by atoms with Gasteiger partial charge in [0.1, 0.15) is 5.54 Å². The number of thiophene rings is 1. The van der Waals surface area contributed by atoms with Gasteiger partial charge >= 0.3 is 6.03 Å². The molecule has 1 fully saturated rings. The lowest BCUT2D eigenvalue weighted by molar-refractivity contribution is -0.132. The number of amides is 3. The average Bonchev–Trinajstić information content (AvgIpc) is 3.03. The maximum absolute atomic E-state index is 12.8. The summed E-state index contributed by atoms with van der Waals surface area (Å²) in [5, 5.41) is 13.5. The van der Waals surface area contributed by atoms with Gasteiger partial charge in [-0.2, -0.15) is 5.26 Å². The van der Waals surface area contributed by atoms with Crippen LogP contribution in [0.3, 0.4) is 0 Å². The summed E-state index contributed by atoms with van der Waals surface area (Å²) in [5.74, 6) is -0.121. The smallest absolute Gasteiger partial charge is 0.319 e. The van der Waals surface area contributed by atoms with E-state index in [9.17, 15) is 9.59 Å². The summed E-state index contributed by atoms with van der Waals surface area (Å²) in [5.41, 5.74) is 0.150. The van der Waals surface area contributed by atoms with E-state index in [0.717, 1.165) is 18.4 Å². The van der Waals surface area contributed by atoms with Gasteiger partial charge in [-0.05, 0) is 43.6 Å². The molecule has 1 atom stereocenters. The Bertz CT molecular complexity index is 619. The van der Waals surface area contributed by atoms with E-state index in [4.69, 9.17) is 5.26 Å². The first-order valence-corrected chi connectivity index (χ1v) is 8.15. The van der Waals surface area contributed by atoms with E-state index in [1.165, 1.54) is 9.78 Å². The zero-order valence-electron chi connectivity index (χ0n) is 11.7. The molecule has 0 aromatic carbocycles. The first-order valence-electron chi connectivity index (χ1n) is 7.27. The third-order valence-corrected chi connectivity index (χ3v) is 5.24. The predicted octanol–water partition coefficient (Wildman–Crippen LogP) is 2.53. The van der Waals surface area contributed by atoms with Crippen LogP contribution in [0.2, 0.25) is 0 Å². The third-order valence-electron chi connectivity index (χ3n) is 4.26. The zero-order chi connectivity index (χ0) is 14.9. The molecule has 2 heterocycles. The Morgan fingerprint density at radius 2 is 2.29 bits per heavy atom. The van der Waals surface area contributed by atoms with Crippen LogP contribution >= 0.6 is 11.3 Å². The van der Waals surface area contributed by atoms with Crippen LogP contribution in [-0.2, 0) is 16.8 Å². The summed E-state index contributed by atoms with van der Waals surface area (Å²) < 4.78 is 0. The standard InChI is InChI=1S/C15H17N3O2S/c16-8-2-1-3-9-18-13(19)15(17-14(18)20)7-4-5-12-11(15)6-10-21-12/h6,10H,1-5,7,9H2,(H,17,20). The summed E-state index contributed by atoms with van der Waals surface area (Å²) in [6, 6.07) is 3.75. The molecular formula is C15H17N3O2S. The molecule has 5 nitrogen and oxygen atoms in total. The normalized spacial score (nSPS) is 24.0. The Morgan fingerprint density at radius 3 is 3.10 bits per heavy atom. The minimum atomic E-state index is -0.833. The maximum atomic E-state index is 12.8. The number of carbonyl (C=O) groups excluding carboxylic acids is 2. The fourth-order valence-corrected chi connectivity index (χ4v) is 4.22. The number of aryl methyl sites for hydroxylation is 1. The van der Waals surface area contributed by atoms with Crippen LogP contribution in [0.5, 0.6) is 0 Å². The first-order chi connectivity index (χ1) is 10.2. The Balaban J connectivity index is 1.80. The molecule has 1 aliphatic carbocycles. The van der Waals surface area contributed by atoms with Crippen LogP contribution in [-0.4, -0.2) is 23.4 Å². The first kappa shape index (κ1) is 14.1. The second-order valence-electron chi connectivity index (χ2n) is 5.52. The summed E-state index contributed by atoms with van der Waals surface area (Å²) >= 11 is 1.66. The van der Waals surface area contributed by atoms with Gasteiger partial charge in [0.2, 0.25) is 0 Å². The van der Waals surface area contributed by atoms with Gasteiger partial charge in [0.25, 0.3) is 5.91 Å². The fourth-order valence-electron chi connectivity index (χ4n) is 3.22. The molecule has 1 aromatic heterocycles. The van der Waals surface area contributed by atoms with Crippen molar-refractivity contribution < 1.29 is 9.59 Å². The highest BCUT2D eigenvalue weighted by Gasteiger charge is 2.53. The van der Waals surface area contributed by atoms with Crippen molar-refractivity contribution in [1.29, 1.82) is 5.26 Å². The largest absolute Gasteiger partial charge is 0.325 e. The van der Waals surface area contributed by atoms with E-state index in [-0.39, 0.29) is 11.9 Å². The Hall–Kier alpha value is -1.87. The summed E-state index contributed by atoms with van der Waals surface area (Å²) in [6.07, 6.45) is 4.44. The number of nitrogens with zero attached hydrogens (tertiary/aromatic N) is 2. The van der Waals surface area contributed by atoms with E-state index in [1.807, 2.05) is 11.4 Å². The number of fused-ring (bicyclic) bond motifs is 2. The fraction of sp³-hybridized carbons (Fsp3) is 0.533. The Labute approximate surface area is 127 Å². The molecule has 1 aromatic rings. The number of nitriles is 1. The molecule has 21 heavy (non-hydrogen) atoms. The molecule has 1 aliphatic heterocycles. The molecule has 1 spiro atoms. The van der Waals surface area contributed by atoms with Gasteiger partial charge in [0, 0.05) is 23.4 Å². The van der Waals surface area contributed by atoms with Crippen molar-refractivity contribution in [3.05, 3.63) is 21.9 Å². The molecule has 0 radical (unpaired) electrons. The van der Waals surface area contributed by atoms with E-state index in [2.05, 4.69) is 11.4 Å². The van der Waals surface area contributed by atoms with Gasteiger partial charge in [-0.15, -0.1) is 11.3 Å². The quantitative estimate of drug-likeness (QED) is 0.686. The molecule has 1 saturated heterocycles. The van der Waals surface area contributed by atoms with Crippen LogP contribution in [0, 0.1) is 11.3 Å². The molecular weight excluding hydrogens is 286 g/mol. The van der Waals surface area contributed by atoms with Crippen molar-refractivity contribution in [2.75, 3.05) is 6.54 Å². The highest BCUT2D eigenvalue weighted by atomic mass is 32.1. The van der Waals surface area contributed by atoms with Crippen LogP contribution in [0.25, 0.3) is 0 Å². The zero-order valence-corrected chi connectivity index (χ0v) is 12.5. The molecule has 2 aliphatic rings. The number of rotatable bonds is 4. The molecule has 0 saturated carbocycles. The maximum Gasteiger partial charge on any atom is 0.325 e. The Morgan fingerprint density at radius 1 is 1.43 bits per heavy atom. The van der Waals surface area contributed by atoms with E-state index in [1.54, 1.807) is 11.3 Å². The summed E-state index contributed by atoms with van der Waals surface area (Å²) in [7, 11) is 0. The topological polar surface area (TPSA) is 73.2 Å². The molecule has 0 bridgehead atoms. The van der Waals surface area contributed by atoms with Gasteiger partial charge in [-0.1, -0.05) is 0 Å². The van der Waals surface area contributed by atoms with Crippen LogP contribution in [0.15, 0.2) is 11.4 Å². The van der Waals surface area contributed by atoms with Crippen molar-refractivity contribution >= 4 is 23.3 Å². The lowest BCUT2D eigenvalue weighted by atomic mass is 9.80. The SMILES string of the molecule is N#CCCCCN1C(=O)NC2(CCCc3sccc32)C1=O. The van der Waals surface area contributed by atoms with Crippen LogP contribution in [0.4, 0.5) is 4.79 Å². The van der Waals surface area contributed by atoms with Gasteiger partial charge in [-0.25, -0.2) is 4.79 Å². The number of nitrogens with one attached hydrogen (secondary N) is 1. The molecule has 1 N–H and O–H groups in total. The van der Waals surface area contributed by atoms with Gasteiger partial charge in [0.15, 0.2) is 0 Å². The minimum Gasteiger partial charge on any atom is -0.319 e. The van der Waals surface area contributed by atoms with Crippen LogP contribution < -0.4 is 5.32 Å². The number of imide groups is 1. The monoisotopic (exact) mass is 303 g/mol. The van der Waals surface area contributed by atoms with E-state index >= 15 is 0 Å². The molecule has 110 valence electrons. The highest BCUT2D eigenvalue weighted by molar-refractivity contribution is 7.10. The predicted molar refractivity (Wildman–Crippen MR) is 78.6 cm³/mol. The number of unbranched alkanes of at least 4 members (excludes halogenated alkanes) is 2. The number of hydrogen-bond donors (Lipinski definition) is 1. The van der Waals surface area contributed by atoms with Gasteiger partial charge < -0.3 is 5.32 Å². The van der Waals surface area contributed by atoms with Crippen molar-refractivity contribution in [3.63, 3.8) is 0 Å². The van der Waals surface area contributed by atoms with Gasteiger partial charge in [0.05, 0.1) is 6.07 Å². The van der Waals surface area contributed by atoms with Crippen molar-refractivity contribution in [2.45, 2.75) is 44.1 Å².